The molecule has 1 aromatic rings. The van der Waals surface area contributed by atoms with E-state index in [2.05, 4.69) is 6.08 Å². The second-order valence-corrected chi connectivity index (χ2v) is 7.87. The highest BCUT2D eigenvalue weighted by molar-refractivity contribution is 7.89. The molecule has 0 saturated heterocycles. The van der Waals surface area contributed by atoms with E-state index in [-0.39, 0.29) is 11.6 Å². The van der Waals surface area contributed by atoms with E-state index in [4.69, 9.17) is 0 Å². The highest BCUT2D eigenvalue weighted by Gasteiger charge is 2.26. The van der Waals surface area contributed by atoms with Crippen molar-refractivity contribution in [1.82, 2.24) is 4.31 Å². The maximum absolute atomic E-state index is 13.3. The molecule has 1 aliphatic carbocycles. The minimum Gasteiger partial charge on any atom is -0.212 e. The molecule has 0 saturated carbocycles. The molecule has 0 fully saturated rings. The van der Waals surface area contributed by atoms with Crippen LogP contribution in [0, 0.1) is 5.82 Å². The first-order valence-electron chi connectivity index (χ1n) is 7.67. The predicted octanol–water partition coefficient (Wildman–Crippen LogP) is 3.14. The lowest BCUT2D eigenvalue weighted by Gasteiger charge is -2.26. The Hall–Kier alpha value is -1.46. The maximum Gasteiger partial charge on any atom is 0.214 e. The molecule has 1 aromatic carbocycles. The van der Waals surface area contributed by atoms with Gasteiger partial charge in [-0.15, -0.1) is 0 Å². The summed E-state index contributed by atoms with van der Waals surface area (Å²) in [5.41, 5.74) is 4.41. The van der Waals surface area contributed by atoms with E-state index < -0.39 is 10.0 Å². The molecule has 2 aliphatic rings. The second-order valence-electron chi connectivity index (χ2n) is 5.78. The molecule has 22 heavy (non-hydrogen) atoms. The number of hydrogen-bond acceptors (Lipinski definition) is 2. The van der Waals surface area contributed by atoms with Gasteiger partial charge < -0.3 is 0 Å². The molecular weight excluding hydrogens is 301 g/mol. The molecule has 0 atom stereocenters. The highest BCUT2D eigenvalue weighted by Crippen LogP contribution is 2.35. The zero-order valence-corrected chi connectivity index (χ0v) is 13.5. The molecule has 0 bridgehead atoms. The second kappa shape index (κ2) is 5.97. The van der Waals surface area contributed by atoms with Crippen LogP contribution in [0.25, 0.3) is 5.57 Å². The van der Waals surface area contributed by atoms with Crippen LogP contribution in [0.1, 0.15) is 30.9 Å². The van der Waals surface area contributed by atoms with Crippen molar-refractivity contribution in [1.29, 1.82) is 0 Å². The van der Waals surface area contributed by atoms with Gasteiger partial charge in [0.25, 0.3) is 0 Å². The maximum atomic E-state index is 13.3. The van der Waals surface area contributed by atoms with Crippen LogP contribution < -0.4 is 0 Å². The Kier molecular flexibility index (Phi) is 4.19. The van der Waals surface area contributed by atoms with Crippen molar-refractivity contribution in [3.05, 3.63) is 52.9 Å². The van der Waals surface area contributed by atoms with Crippen LogP contribution in [0.15, 0.2) is 35.9 Å². The number of rotatable bonds is 4. The van der Waals surface area contributed by atoms with Gasteiger partial charge in [0.15, 0.2) is 0 Å². The summed E-state index contributed by atoms with van der Waals surface area (Å²) < 4.78 is 39.0. The lowest BCUT2D eigenvalue weighted by Crippen LogP contribution is -2.36. The van der Waals surface area contributed by atoms with Gasteiger partial charge in [0.05, 0.1) is 5.75 Å². The van der Waals surface area contributed by atoms with E-state index in [0.717, 1.165) is 23.1 Å². The number of hydrogen-bond donors (Lipinski definition) is 0. The molecule has 3 rings (SSSR count). The molecule has 1 aliphatic heterocycles. The van der Waals surface area contributed by atoms with Gasteiger partial charge in [-0.2, -0.15) is 4.31 Å². The fourth-order valence-corrected chi connectivity index (χ4v) is 4.60. The summed E-state index contributed by atoms with van der Waals surface area (Å²) in [6.45, 7) is 2.84. The number of nitrogens with zero attached hydrogens (tertiary/aromatic N) is 1. The van der Waals surface area contributed by atoms with Gasteiger partial charge in [-0.1, -0.05) is 25.1 Å². The van der Waals surface area contributed by atoms with Crippen molar-refractivity contribution in [2.75, 3.05) is 18.8 Å². The molecule has 5 heteroatoms. The smallest absolute Gasteiger partial charge is 0.212 e. The fourth-order valence-electron chi connectivity index (χ4n) is 3.15. The minimum absolute atomic E-state index is 0.206. The van der Waals surface area contributed by atoms with Crippen LogP contribution in [0.4, 0.5) is 4.39 Å². The lowest BCUT2D eigenvalue weighted by molar-refractivity contribution is 0.433. The fraction of sp³-hybridized carbons (Fsp3) is 0.412. The number of benzene rings is 1. The van der Waals surface area contributed by atoms with E-state index in [1.807, 2.05) is 19.1 Å². The van der Waals surface area contributed by atoms with Gasteiger partial charge in [-0.25, -0.2) is 12.8 Å². The van der Waals surface area contributed by atoms with Crippen molar-refractivity contribution in [2.24, 2.45) is 0 Å². The van der Waals surface area contributed by atoms with Gasteiger partial charge in [0, 0.05) is 13.1 Å². The molecule has 0 unspecified atom stereocenters. The van der Waals surface area contributed by atoms with Gasteiger partial charge >= 0.3 is 0 Å². The Morgan fingerprint density at radius 1 is 1.27 bits per heavy atom. The summed E-state index contributed by atoms with van der Waals surface area (Å²) >= 11 is 0. The van der Waals surface area contributed by atoms with Gasteiger partial charge in [0.1, 0.15) is 5.82 Å². The molecule has 118 valence electrons. The van der Waals surface area contributed by atoms with Crippen molar-refractivity contribution in [3.8, 4) is 0 Å². The highest BCUT2D eigenvalue weighted by atomic mass is 32.2. The number of fused-ring (bicyclic) bond motifs is 1. The Bertz CT molecular complexity index is 750. The summed E-state index contributed by atoms with van der Waals surface area (Å²) in [5, 5.41) is 0. The van der Waals surface area contributed by atoms with Crippen LogP contribution in [0.2, 0.25) is 0 Å². The molecule has 0 aromatic heterocycles. The van der Waals surface area contributed by atoms with E-state index in [1.54, 1.807) is 10.4 Å². The topological polar surface area (TPSA) is 37.4 Å². The van der Waals surface area contributed by atoms with Gasteiger partial charge in [0.2, 0.25) is 10.0 Å². The zero-order valence-electron chi connectivity index (χ0n) is 12.7. The minimum atomic E-state index is -3.13. The van der Waals surface area contributed by atoms with Gasteiger partial charge in [-0.3, -0.25) is 0 Å². The van der Waals surface area contributed by atoms with E-state index in [1.165, 1.54) is 11.6 Å². The van der Waals surface area contributed by atoms with Gasteiger partial charge in [-0.05, 0) is 53.7 Å². The van der Waals surface area contributed by atoms with Crippen molar-refractivity contribution >= 4 is 15.6 Å². The SMILES string of the molecule is CCCS(=O)(=O)N1CC=C(C2=CCc3cc(F)ccc32)CC1. The molecule has 0 radical (unpaired) electrons. The third-order valence-corrected chi connectivity index (χ3v) is 6.30. The largest absolute Gasteiger partial charge is 0.214 e. The van der Waals surface area contributed by atoms with Crippen LogP contribution >= 0.6 is 0 Å². The molecule has 0 N–H and O–H groups in total. The summed E-state index contributed by atoms with van der Waals surface area (Å²) in [7, 11) is -3.13. The third-order valence-electron chi connectivity index (χ3n) is 4.26. The monoisotopic (exact) mass is 321 g/mol. The quantitative estimate of drug-likeness (QED) is 0.854. The van der Waals surface area contributed by atoms with Crippen LogP contribution in [0.3, 0.4) is 0 Å². The number of halogens is 1. The van der Waals surface area contributed by atoms with E-state index >= 15 is 0 Å². The predicted molar refractivity (Wildman–Crippen MR) is 86.4 cm³/mol. The van der Waals surface area contributed by atoms with E-state index in [9.17, 15) is 12.8 Å². The lowest BCUT2D eigenvalue weighted by atomic mass is 9.95. The zero-order chi connectivity index (χ0) is 15.7. The Morgan fingerprint density at radius 3 is 2.77 bits per heavy atom. The van der Waals surface area contributed by atoms with Crippen LogP contribution in [0.5, 0.6) is 0 Å². The first-order chi connectivity index (χ1) is 10.5. The Labute approximate surface area is 131 Å². The summed E-state index contributed by atoms with van der Waals surface area (Å²) in [4.78, 5) is 0. The molecule has 3 nitrogen and oxygen atoms in total. The molecule has 0 amide bonds. The Morgan fingerprint density at radius 2 is 2.09 bits per heavy atom. The standard InChI is InChI=1S/C17H20FNO2S/c1-2-11-22(20,21)19-9-7-13(8-10-19)16-5-3-14-12-15(18)4-6-17(14)16/h4-7,12H,2-3,8-11H2,1H3. The number of sulfonamides is 1. The normalized spacial score (nSPS) is 18.8. The number of allylic oxidation sites excluding steroid dienone is 2. The molecule has 1 heterocycles. The van der Waals surface area contributed by atoms with Crippen LogP contribution in [-0.2, 0) is 16.4 Å². The van der Waals surface area contributed by atoms with Crippen molar-refractivity contribution in [3.63, 3.8) is 0 Å². The average molecular weight is 321 g/mol. The molecular formula is C17H20FNO2S. The average Bonchev–Trinajstić information content (AvgIpc) is 2.90. The first-order valence-corrected chi connectivity index (χ1v) is 9.28. The summed E-state index contributed by atoms with van der Waals surface area (Å²) in [6, 6.07) is 4.89. The third kappa shape index (κ3) is 2.88. The van der Waals surface area contributed by atoms with E-state index in [0.29, 0.717) is 25.9 Å². The molecule has 0 spiro atoms. The summed E-state index contributed by atoms with van der Waals surface area (Å²) in [5.74, 6) is 0.00362. The first kappa shape index (κ1) is 15.4. The van der Waals surface area contributed by atoms with Crippen molar-refractivity contribution < 1.29 is 12.8 Å². The van der Waals surface area contributed by atoms with Crippen LogP contribution in [-0.4, -0.2) is 31.6 Å². The van der Waals surface area contributed by atoms with Crippen molar-refractivity contribution in [2.45, 2.75) is 26.2 Å². The Balaban J connectivity index is 1.79. The summed E-state index contributed by atoms with van der Waals surface area (Å²) in [6.07, 6.45) is 6.22.